The first-order valence-electron chi connectivity index (χ1n) is 51.7. The van der Waals surface area contributed by atoms with Crippen LogP contribution in [0.4, 0.5) is 62.3 Å². The Balaban J connectivity index is 0.000000165. The van der Waals surface area contributed by atoms with E-state index in [0.29, 0.717) is 114 Å². The number of nitrogens with one attached hydrogen (secondary N) is 8. The highest BCUT2D eigenvalue weighted by atomic mass is 32.2. The lowest BCUT2D eigenvalue weighted by atomic mass is 9.79. The number of alkyl halides is 12. The highest BCUT2D eigenvalue weighted by molar-refractivity contribution is 7.88. The standard InChI is InChI=1S/C27H37F3N6O2.C26H34F3N5O3.C26H34F3N5O2.C25H34F3N5O3S/c1-4-22(34-26(38)35(2)3)17-5-8-20(9-6-17)36-14-19(15-36)33-25(37)12-11-24-21-13-18(27(28,29)30)7-10-23(21)31-16-32-24;1-3-21(33-25(36)37-2)16-4-7-19(8-5-16)34-13-18(14-34)32-24(35)11-10-23-20-12-17(26(27,28)29)6-9-22(20)30-15-31-23;1-3-22(32-16(2)35)17-4-7-20(8-5-17)34-13-19(14-34)33-25(36)11-10-24-21-12-18(26(27,28)29)6-9-23(21)30-15-31-24;1-3-21(32-37(2,35)36)16-4-7-19(8-5-16)33-13-18(14-33)31-24(34)11-10-23-20-12-17(25(26,27)28)6-9-22(20)29-15-30-23/h7,10,13,16-17,19-20,22H,4-6,8-9,11-12,14-15H2,1-3H3,(H,33,37)(H,34,38);6,9,12,15-16,18-19,21H,3-5,7-8,10-11,13-14H2,1-2H3,(H,32,35)(H,33,36);6,9,12,15,17,19-20,22H,3-5,7-8,10-11,13-14H2,1-2H3,(H,32,35)(H,33,36);6,9,12,15-16,18-19,21,32H,3-5,7-8,10-11,13-14H2,1-2H3,(H,31,34). The van der Waals surface area contributed by atoms with Crippen LogP contribution in [0.25, 0.3) is 43.6 Å². The third-order valence-electron chi connectivity index (χ3n) is 30.7. The predicted molar refractivity (Wildman–Crippen MR) is 534 cm³/mol. The number of fused-ring (bicyclic) bond motifs is 4. The Morgan fingerprint density at radius 2 is 0.601 bits per heavy atom. The van der Waals surface area contributed by atoms with Gasteiger partial charge in [-0.05, 0) is 251 Å². The van der Waals surface area contributed by atoms with Crippen LogP contribution in [0.2, 0.25) is 0 Å². The molecule has 4 aromatic heterocycles. The maximum atomic E-state index is 13.1. The maximum absolute atomic E-state index is 13.1. The molecule has 4 aromatic carbocycles. The molecule has 4 saturated heterocycles. The Labute approximate surface area is 855 Å². The minimum absolute atomic E-state index is 0.0218. The fourth-order valence-electron chi connectivity index (χ4n) is 22.4. The average molecular weight is 2100 g/mol. The van der Waals surface area contributed by atoms with Crippen LogP contribution in [0, 0.1) is 23.7 Å². The van der Waals surface area contributed by atoms with E-state index in [1.165, 1.54) is 62.9 Å². The number of amides is 8. The van der Waals surface area contributed by atoms with Gasteiger partial charge in [0.25, 0.3) is 0 Å². The van der Waals surface area contributed by atoms with Crippen molar-refractivity contribution in [1.29, 1.82) is 0 Å². The highest BCUT2D eigenvalue weighted by Gasteiger charge is 2.44. The number of hydrogen-bond donors (Lipinski definition) is 8. The SMILES string of the molecule is CCC(NC(=O)N(C)C)C1CCC(N2CC(NC(=O)CCc3ncnc4ccc(C(F)(F)F)cc34)C2)CC1.CCC(NC(=O)OC)C1CCC(N2CC(NC(=O)CCc3ncnc4ccc(C(F)(F)F)cc34)C2)CC1.CCC(NC(C)=O)C1CCC(N2CC(NC(=O)CCc3ncnc4ccc(C(F)(F)F)cc34)C2)CC1.CCC(NS(C)(=O)=O)C1CCC(N2CC(NC(=O)CCc3ncnc4ccc(C(F)(F)F)cc34)C2)CC1. The zero-order valence-corrected chi connectivity index (χ0v) is 86.1. The van der Waals surface area contributed by atoms with Crippen LogP contribution < -0.4 is 41.9 Å². The Bertz CT molecular complexity index is 5940. The number of rotatable bonds is 33. The van der Waals surface area contributed by atoms with Crippen LogP contribution in [0.15, 0.2) is 98.1 Å². The van der Waals surface area contributed by atoms with Gasteiger partial charge in [-0.3, -0.25) is 43.6 Å². The van der Waals surface area contributed by atoms with Crippen molar-refractivity contribution >= 4 is 95.3 Å². The van der Waals surface area contributed by atoms with E-state index >= 15 is 0 Å². The van der Waals surface area contributed by atoms with Gasteiger partial charge in [0, 0.05) is 169 Å². The van der Waals surface area contributed by atoms with Crippen LogP contribution in [0.5, 0.6) is 0 Å². The number of carbonyl (C=O) groups is 7. The van der Waals surface area contributed by atoms with Crippen LogP contribution in [-0.4, -0.2) is 267 Å². The monoisotopic (exact) mass is 2100 g/mol. The van der Waals surface area contributed by atoms with Gasteiger partial charge in [0.2, 0.25) is 39.6 Å². The zero-order valence-electron chi connectivity index (χ0n) is 85.3. The Hall–Kier alpha value is -11.0. The predicted octanol–water partition coefficient (Wildman–Crippen LogP) is 15.2. The summed E-state index contributed by atoms with van der Waals surface area (Å²) in [6.45, 7) is 16.2. The second kappa shape index (κ2) is 51.2. The molecule has 810 valence electrons. The van der Waals surface area contributed by atoms with Gasteiger partial charge >= 0.3 is 36.8 Å². The molecule has 0 spiro atoms. The van der Waals surface area contributed by atoms with Crippen LogP contribution in [0.3, 0.4) is 0 Å². The molecule has 4 atom stereocenters. The number of alkyl carbamates (subject to hydrolysis) is 1. The van der Waals surface area contributed by atoms with Gasteiger partial charge in [0.1, 0.15) is 25.3 Å². The average Bonchev–Trinajstić information content (AvgIpc) is 0.779. The van der Waals surface area contributed by atoms with Crippen molar-refractivity contribution in [3.05, 3.63) is 143 Å². The summed E-state index contributed by atoms with van der Waals surface area (Å²) in [4.78, 5) is 129. The van der Waals surface area contributed by atoms with Gasteiger partial charge < -0.3 is 46.9 Å². The first-order chi connectivity index (χ1) is 70.3. The number of urea groups is 1. The fraction of sp³-hybridized carbons (Fsp3) is 0.625. The highest BCUT2D eigenvalue weighted by Crippen LogP contribution is 2.42. The number of aromatic nitrogens is 8. The summed E-state index contributed by atoms with van der Waals surface area (Å²) in [6.07, 6.45) is 10.2. The van der Waals surface area contributed by atoms with Gasteiger partial charge in [-0.25, -0.2) is 62.6 Å². The lowest BCUT2D eigenvalue weighted by molar-refractivity contribution is -0.138. The largest absolute Gasteiger partial charge is 0.453 e. The number of methoxy groups -OCH3 is 1. The molecule has 8 heterocycles. The molecule has 148 heavy (non-hydrogen) atoms. The number of benzene rings is 4. The molecule has 4 saturated carbocycles. The minimum Gasteiger partial charge on any atom is -0.453 e. The molecule has 8 aliphatic rings. The number of likely N-dealkylation sites (tertiary alicyclic amines) is 4. The molecule has 8 amide bonds. The molecule has 4 aliphatic heterocycles. The van der Waals surface area contributed by atoms with Crippen LogP contribution in [-0.2, 0) is 89.1 Å². The third kappa shape index (κ3) is 31.8. The Kier molecular flexibility index (Phi) is 39.5. The number of sulfonamides is 1. The molecule has 4 aliphatic carbocycles. The van der Waals surface area contributed by atoms with Gasteiger partial charge in [0.05, 0.1) is 105 Å². The van der Waals surface area contributed by atoms with E-state index in [1.807, 2.05) is 6.92 Å². The lowest BCUT2D eigenvalue weighted by Crippen LogP contribution is -2.62. The summed E-state index contributed by atoms with van der Waals surface area (Å²) < 4.78 is 188. The summed E-state index contributed by atoms with van der Waals surface area (Å²) in [5, 5.41) is 22.6. The third-order valence-corrected chi connectivity index (χ3v) is 31.4. The summed E-state index contributed by atoms with van der Waals surface area (Å²) in [5.41, 5.74) is 0.423. The van der Waals surface area contributed by atoms with E-state index in [2.05, 4.69) is 122 Å². The van der Waals surface area contributed by atoms with Crippen molar-refractivity contribution in [3.63, 3.8) is 0 Å². The van der Waals surface area contributed by atoms with Gasteiger partial charge in [0.15, 0.2) is 0 Å². The summed E-state index contributed by atoms with van der Waals surface area (Å²) >= 11 is 0. The topological polar surface area (TPSA) is 378 Å². The molecule has 44 heteroatoms. The maximum Gasteiger partial charge on any atom is 0.416 e. The fourth-order valence-corrected chi connectivity index (χ4v) is 23.3. The van der Waals surface area contributed by atoms with Gasteiger partial charge in [-0.2, -0.15) is 52.7 Å². The Morgan fingerprint density at radius 3 is 0.818 bits per heavy atom. The molecule has 8 N–H and O–H groups in total. The minimum atomic E-state index is -4.46. The molecule has 31 nitrogen and oxygen atoms in total. The molecule has 8 fully saturated rings. The number of hydrogen-bond acceptors (Lipinski definition) is 22. The summed E-state index contributed by atoms with van der Waals surface area (Å²) in [6, 6.07) is 16.3. The molecule has 0 bridgehead atoms. The first kappa shape index (κ1) is 114. The van der Waals surface area contributed by atoms with Crippen LogP contribution in [0.1, 0.15) is 234 Å². The summed E-state index contributed by atoms with van der Waals surface area (Å²) in [5.74, 6) is 1.31. The van der Waals surface area contributed by atoms with Crippen molar-refractivity contribution in [2.24, 2.45) is 23.7 Å². The van der Waals surface area contributed by atoms with Crippen LogP contribution >= 0.6 is 0 Å². The van der Waals surface area contributed by atoms with Crippen molar-refractivity contribution in [1.82, 2.24) is 106 Å². The van der Waals surface area contributed by atoms with E-state index in [0.717, 1.165) is 229 Å². The molecular weight excluding hydrogens is 1960 g/mol. The molecule has 8 aromatic rings. The van der Waals surface area contributed by atoms with Gasteiger partial charge in [-0.15, -0.1) is 0 Å². The molecule has 0 radical (unpaired) electrons. The number of halogens is 12. The second-order valence-corrected chi connectivity index (χ2v) is 42.8. The molecule has 4 unspecified atom stereocenters. The van der Waals surface area contributed by atoms with Crippen molar-refractivity contribution in [2.45, 2.75) is 312 Å². The van der Waals surface area contributed by atoms with E-state index in [1.54, 1.807) is 25.9 Å². The van der Waals surface area contributed by atoms with E-state index in [9.17, 15) is 94.7 Å². The second-order valence-electron chi connectivity index (χ2n) is 41.0. The normalized spacial score (nSPS) is 22.0. The molecule has 16 rings (SSSR count). The smallest absolute Gasteiger partial charge is 0.416 e. The Morgan fingerprint density at radius 1 is 0.365 bits per heavy atom. The summed E-state index contributed by atoms with van der Waals surface area (Å²) in [7, 11) is 1.66. The molecular formula is C104H139F12N21O10S. The van der Waals surface area contributed by atoms with Crippen molar-refractivity contribution < 1.29 is 99.4 Å². The van der Waals surface area contributed by atoms with Gasteiger partial charge in [-0.1, -0.05) is 27.7 Å². The number of ether oxygens (including phenoxy) is 1. The van der Waals surface area contributed by atoms with E-state index in [4.69, 9.17) is 4.74 Å². The number of carbonyl (C=O) groups excluding carboxylic acids is 7. The van der Waals surface area contributed by atoms with Crippen molar-refractivity contribution in [2.75, 3.05) is 79.8 Å². The first-order valence-corrected chi connectivity index (χ1v) is 53.6. The lowest BCUT2D eigenvalue weighted by Gasteiger charge is -2.47. The zero-order chi connectivity index (χ0) is 107. The van der Waals surface area contributed by atoms with E-state index < -0.39 is 57.0 Å². The van der Waals surface area contributed by atoms with Crippen molar-refractivity contribution in [3.8, 4) is 0 Å². The number of nitrogens with zero attached hydrogens (tertiary/aromatic N) is 13. The quantitative estimate of drug-likeness (QED) is 0.0177. The van der Waals surface area contributed by atoms with E-state index in [-0.39, 0.29) is 141 Å². The number of aryl methyl sites for hydroxylation is 4.